The molecule has 1 amide bonds. The molecule has 2 rings (SSSR count). The third-order valence-electron chi connectivity index (χ3n) is 3.65. The van der Waals surface area contributed by atoms with Gasteiger partial charge < -0.3 is 19.5 Å². The van der Waals surface area contributed by atoms with Crippen molar-refractivity contribution in [3.8, 4) is 35.7 Å². The third kappa shape index (κ3) is 6.03. The molecule has 0 bridgehead atoms. The van der Waals surface area contributed by atoms with Gasteiger partial charge in [0.1, 0.15) is 24.0 Å². The van der Waals surface area contributed by atoms with Gasteiger partial charge in [0.25, 0.3) is 5.91 Å². The number of nitrogens with zero attached hydrogens (tertiary/aromatic N) is 1. The normalized spacial score (nSPS) is 10.4. The predicted molar refractivity (Wildman–Crippen MR) is 115 cm³/mol. The van der Waals surface area contributed by atoms with E-state index in [1.807, 2.05) is 13.0 Å². The van der Waals surface area contributed by atoms with Crippen LogP contribution in [0.3, 0.4) is 0 Å². The van der Waals surface area contributed by atoms with Gasteiger partial charge >= 0.3 is 0 Å². The highest BCUT2D eigenvalue weighted by molar-refractivity contribution is 9.10. The Hall–Kier alpha value is -3.42. The smallest absolute Gasteiger partial charge is 0.266 e. The molecule has 0 atom stereocenters. The number of terminal acetylenes is 1. The van der Waals surface area contributed by atoms with Crippen LogP contribution < -0.4 is 19.5 Å². The number of methoxy groups -OCH3 is 1. The van der Waals surface area contributed by atoms with Crippen LogP contribution in [0.1, 0.15) is 12.5 Å². The molecule has 0 saturated carbocycles. The molecule has 0 aliphatic heterocycles. The molecule has 0 unspecified atom stereocenters. The van der Waals surface area contributed by atoms with Crippen molar-refractivity contribution in [1.82, 2.24) is 0 Å². The second-order valence-corrected chi connectivity index (χ2v) is 6.46. The first-order valence-electron chi connectivity index (χ1n) is 8.62. The largest absolute Gasteiger partial charge is 0.494 e. The van der Waals surface area contributed by atoms with E-state index in [4.69, 9.17) is 20.6 Å². The van der Waals surface area contributed by atoms with Crippen molar-refractivity contribution in [1.29, 1.82) is 5.26 Å². The molecule has 0 radical (unpaired) electrons. The third-order valence-corrected chi connectivity index (χ3v) is 4.24. The number of nitrogens with one attached hydrogen (secondary N) is 1. The van der Waals surface area contributed by atoms with Crippen LogP contribution in [-0.4, -0.2) is 26.2 Å². The Morgan fingerprint density at radius 1 is 1.28 bits per heavy atom. The van der Waals surface area contributed by atoms with Crippen molar-refractivity contribution < 1.29 is 19.0 Å². The van der Waals surface area contributed by atoms with Gasteiger partial charge in [0.05, 0.1) is 18.2 Å². The number of benzene rings is 2. The van der Waals surface area contributed by atoms with Gasteiger partial charge in [-0.25, -0.2) is 0 Å². The molecule has 148 valence electrons. The van der Waals surface area contributed by atoms with Crippen molar-refractivity contribution >= 4 is 33.6 Å². The SMILES string of the molecule is C#CCOc1c(Br)cc(/C=C(/C#N)C(=O)Nc2ccc(OCC)cc2)cc1OC. The second kappa shape index (κ2) is 10.8. The van der Waals surface area contributed by atoms with E-state index in [9.17, 15) is 10.1 Å². The molecule has 2 aromatic rings. The minimum absolute atomic E-state index is 0.0647. The van der Waals surface area contributed by atoms with E-state index < -0.39 is 5.91 Å². The zero-order chi connectivity index (χ0) is 21.2. The van der Waals surface area contributed by atoms with Crippen molar-refractivity contribution in [2.45, 2.75) is 6.92 Å². The Morgan fingerprint density at radius 3 is 2.59 bits per heavy atom. The van der Waals surface area contributed by atoms with Gasteiger partial charge in [0, 0.05) is 5.69 Å². The van der Waals surface area contributed by atoms with Crippen LogP contribution in [0.4, 0.5) is 5.69 Å². The first-order valence-corrected chi connectivity index (χ1v) is 9.41. The maximum Gasteiger partial charge on any atom is 0.266 e. The summed E-state index contributed by atoms with van der Waals surface area (Å²) in [4.78, 5) is 12.5. The van der Waals surface area contributed by atoms with Gasteiger partial charge in [-0.15, -0.1) is 6.42 Å². The maximum absolute atomic E-state index is 12.5. The summed E-state index contributed by atoms with van der Waals surface area (Å²) in [5.74, 6) is 3.42. The number of carbonyl (C=O) groups is 1. The highest BCUT2D eigenvalue weighted by Crippen LogP contribution is 2.37. The molecular weight excluding hydrogens is 436 g/mol. The lowest BCUT2D eigenvalue weighted by atomic mass is 10.1. The number of rotatable bonds is 8. The molecule has 0 aliphatic carbocycles. The Balaban J connectivity index is 2.24. The summed E-state index contributed by atoms with van der Waals surface area (Å²) in [6.07, 6.45) is 6.68. The fourth-order valence-corrected chi connectivity index (χ4v) is 2.97. The quantitative estimate of drug-likeness (QED) is 0.362. The summed E-state index contributed by atoms with van der Waals surface area (Å²) in [5.41, 5.74) is 1.07. The topological polar surface area (TPSA) is 80.6 Å². The van der Waals surface area contributed by atoms with Crippen LogP contribution in [0.15, 0.2) is 46.4 Å². The van der Waals surface area contributed by atoms with Crippen molar-refractivity contribution in [2.24, 2.45) is 0 Å². The van der Waals surface area contributed by atoms with Gasteiger partial charge in [-0.3, -0.25) is 4.79 Å². The highest BCUT2D eigenvalue weighted by Gasteiger charge is 2.14. The molecule has 0 heterocycles. The molecule has 29 heavy (non-hydrogen) atoms. The van der Waals surface area contributed by atoms with E-state index in [-0.39, 0.29) is 12.2 Å². The molecule has 0 aliphatic rings. The minimum atomic E-state index is -0.528. The summed E-state index contributed by atoms with van der Waals surface area (Å²) in [5, 5.41) is 12.1. The Bertz CT molecular complexity index is 986. The zero-order valence-electron chi connectivity index (χ0n) is 16.0. The van der Waals surface area contributed by atoms with Gasteiger partial charge in [0.15, 0.2) is 11.5 Å². The summed E-state index contributed by atoms with van der Waals surface area (Å²) in [7, 11) is 1.49. The molecule has 0 spiro atoms. The fraction of sp³-hybridized carbons (Fsp3) is 0.182. The molecule has 0 saturated heterocycles. The number of hydrogen-bond donors (Lipinski definition) is 1. The van der Waals surface area contributed by atoms with Gasteiger partial charge in [-0.2, -0.15) is 5.26 Å². The lowest BCUT2D eigenvalue weighted by molar-refractivity contribution is -0.112. The minimum Gasteiger partial charge on any atom is -0.494 e. The summed E-state index contributed by atoms with van der Waals surface area (Å²) in [6, 6.07) is 12.2. The van der Waals surface area contributed by atoms with Crippen LogP contribution in [0.5, 0.6) is 17.2 Å². The van der Waals surface area contributed by atoms with E-state index in [1.165, 1.54) is 13.2 Å². The van der Waals surface area contributed by atoms with Crippen molar-refractivity contribution in [3.63, 3.8) is 0 Å². The number of amides is 1. The van der Waals surface area contributed by atoms with E-state index in [2.05, 4.69) is 27.2 Å². The molecule has 0 fully saturated rings. The van der Waals surface area contributed by atoms with Crippen LogP contribution in [-0.2, 0) is 4.79 Å². The number of nitriles is 1. The average molecular weight is 455 g/mol. The Labute approximate surface area is 178 Å². The molecule has 7 heteroatoms. The average Bonchev–Trinajstić information content (AvgIpc) is 2.72. The van der Waals surface area contributed by atoms with Gasteiger partial charge in [-0.1, -0.05) is 5.92 Å². The Morgan fingerprint density at radius 2 is 2.00 bits per heavy atom. The van der Waals surface area contributed by atoms with Crippen molar-refractivity contribution in [3.05, 3.63) is 52.0 Å². The van der Waals surface area contributed by atoms with E-state index in [1.54, 1.807) is 36.4 Å². The van der Waals surface area contributed by atoms with Crippen LogP contribution in [0.25, 0.3) is 6.08 Å². The highest BCUT2D eigenvalue weighted by atomic mass is 79.9. The van der Waals surface area contributed by atoms with Crippen LogP contribution in [0, 0.1) is 23.7 Å². The molecule has 2 aromatic carbocycles. The number of anilines is 1. The number of ether oxygens (including phenoxy) is 3. The van der Waals surface area contributed by atoms with Crippen LogP contribution in [0.2, 0.25) is 0 Å². The van der Waals surface area contributed by atoms with E-state index in [0.717, 1.165) is 0 Å². The van der Waals surface area contributed by atoms with E-state index >= 15 is 0 Å². The predicted octanol–water partition coefficient (Wildman–Crippen LogP) is 4.41. The zero-order valence-corrected chi connectivity index (χ0v) is 17.6. The first-order chi connectivity index (χ1) is 14.0. The lowest BCUT2D eigenvalue weighted by Gasteiger charge is -2.12. The molecule has 1 N–H and O–H groups in total. The number of carbonyl (C=O) groups excluding carboxylic acids is 1. The molecular formula is C22H19BrN2O4. The lowest BCUT2D eigenvalue weighted by Crippen LogP contribution is -2.13. The monoisotopic (exact) mass is 454 g/mol. The Kier molecular flexibility index (Phi) is 8.14. The molecule has 0 aromatic heterocycles. The molecule has 6 nitrogen and oxygen atoms in total. The van der Waals surface area contributed by atoms with Crippen molar-refractivity contribution in [2.75, 3.05) is 25.6 Å². The fourth-order valence-electron chi connectivity index (χ4n) is 2.39. The first kappa shape index (κ1) is 21.9. The van der Waals surface area contributed by atoms with E-state index in [0.29, 0.717) is 39.6 Å². The van der Waals surface area contributed by atoms with Gasteiger partial charge in [0.2, 0.25) is 0 Å². The maximum atomic E-state index is 12.5. The summed E-state index contributed by atoms with van der Waals surface area (Å²) in [6.45, 7) is 2.53. The number of hydrogen-bond acceptors (Lipinski definition) is 5. The number of halogens is 1. The standard InChI is InChI=1S/C22H19BrN2O4/c1-4-10-29-21-19(23)12-15(13-20(21)27-3)11-16(14-24)22(26)25-17-6-8-18(9-7-17)28-5-2/h1,6-9,11-13H,5,10H2,2-3H3,(H,25,26)/b16-11-. The summed E-state index contributed by atoms with van der Waals surface area (Å²) >= 11 is 3.39. The summed E-state index contributed by atoms with van der Waals surface area (Å²) < 4.78 is 16.7. The van der Waals surface area contributed by atoms with Gasteiger partial charge in [-0.05, 0) is 70.9 Å². The van der Waals surface area contributed by atoms with Crippen LogP contribution >= 0.6 is 15.9 Å². The second-order valence-electron chi connectivity index (χ2n) is 5.61.